The SMILES string of the molecule is [B][B]/C=C/N1C(=O)CCC1COCc1cccs1. The van der Waals surface area contributed by atoms with Gasteiger partial charge in [-0.2, -0.15) is 0 Å². The normalized spacial score (nSPS) is 19.9. The number of carbonyl (C=O) groups excluding carboxylic acids is 1. The van der Waals surface area contributed by atoms with Gasteiger partial charge in [-0.25, -0.2) is 0 Å². The predicted molar refractivity (Wildman–Crippen MR) is 74.5 cm³/mol. The lowest BCUT2D eigenvalue weighted by Crippen LogP contribution is -2.31. The number of nitrogens with zero attached hydrogens (tertiary/aromatic N) is 1. The van der Waals surface area contributed by atoms with Crippen molar-refractivity contribution in [2.24, 2.45) is 0 Å². The third-order valence-corrected chi connectivity index (χ3v) is 3.72. The van der Waals surface area contributed by atoms with E-state index in [9.17, 15) is 4.79 Å². The Morgan fingerprint density at radius 2 is 2.56 bits per heavy atom. The third-order valence-electron chi connectivity index (χ3n) is 2.87. The van der Waals surface area contributed by atoms with Crippen molar-refractivity contribution in [2.45, 2.75) is 25.5 Å². The molecule has 0 aromatic carbocycles. The van der Waals surface area contributed by atoms with Crippen LogP contribution in [0.15, 0.2) is 29.7 Å². The van der Waals surface area contributed by atoms with Crippen LogP contribution in [0.25, 0.3) is 0 Å². The Labute approximate surface area is 113 Å². The molecule has 1 saturated heterocycles. The molecule has 2 rings (SSSR count). The standard InChI is InChI=1S/C12H14B2NO2S/c13-14-5-6-15-10(3-4-12(15)16)8-17-9-11-2-1-7-18-11/h1-2,5-7,10H,3-4,8-9H2/b6-5+. The highest BCUT2D eigenvalue weighted by Crippen LogP contribution is 2.20. The minimum Gasteiger partial charge on any atom is -0.374 e. The van der Waals surface area contributed by atoms with Crippen molar-refractivity contribution in [3.05, 3.63) is 34.6 Å². The molecular weight excluding hydrogens is 244 g/mol. The molecule has 1 unspecified atom stereocenters. The van der Waals surface area contributed by atoms with Crippen LogP contribution in [0, 0.1) is 0 Å². The summed E-state index contributed by atoms with van der Waals surface area (Å²) in [6.07, 6.45) is 3.16. The van der Waals surface area contributed by atoms with Gasteiger partial charge in [-0.05, 0) is 24.1 Å². The quantitative estimate of drug-likeness (QED) is 0.724. The lowest BCUT2D eigenvalue weighted by molar-refractivity contribution is -0.127. The molecule has 1 fully saturated rings. The van der Waals surface area contributed by atoms with E-state index < -0.39 is 0 Å². The first kappa shape index (κ1) is 13.4. The summed E-state index contributed by atoms with van der Waals surface area (Å²) < 4.78 is 5.66. The molecule has 0 spiro atoms. The summed E-state index contributed by atoms with van der Waals surface area (Å²) in [6, 6.07) is 4.19. The maximum Gasteiger partial charge on any atom is 0.226 e. The summed E-state index contributed by atoms with van der Waals surface area (Å²) in [5.74, 6) is 1.81. The molecule has 2 heterocycles. The predicted octanol–water partition coefficient (Wildman–Crippen LogP) is 1.51. The van der Waals surface area contributed by atoms with Crippen LogP contribution in [0.2, 0.25) is 0 Å². The maximum absolute atomic E-state index is 11.6. The molecule has 0 N–H and O–H groups in total. The zero-order valence-electron chi connectivity index (χ0n) is 10.1. The molecule has 6 heteroatoms. The molecule has 1 aliphatic heterocycles. The number of hydrogen-bond acceptors (Lipinski definition) is 3. The van der Waals surface area contributed by atoms with Gasteiger partial charge in [-0.3, -0.25) is 4.79 Å². The van der Waals surface area contributed by atoms with Crippen molar-refractivity contribution in [3.8, 4) is 0 Å². The van der Waals surface area contributed by atoms with E-state index in [-0.39, 0.29) is 11.9 Å². The van der Waals surface area contributed by atoms with E-state index in [4.69, 9.17) is 12.5 Å². The highest BCUT2D eigenvalue weighted by molar-refractivity contribution is 7.09. The van der Waals surface area contributed by atoms with Gasteiger partial charge < -0.3 is 9.64 Å². The Hall–Kier alpha value is -1.00. The van der Waals surface area contributed by atoms with Crippen LogP contribution < -0.4 is 0 Å². The van der Waals surface area contributed by atoms with Gasteiger partial charge in [0.2, 0.25) is 5.91 Å². The van der Waals surface area contributed by atoms with Crippen LogP contribution in [0.1, 0.15) is 17.7 Å². The van der Waals surface area contributed by atoms with E-state index in [1.165, 1.54) is 12.0 Å². The first-order valence-electron chi connectivity index (χ1n) is 5.94. The molecule has 0 aliphatic carbocycles. The second-order valence-corrected chi connectivity index (χ2v) is 5.15. The van der Waals surface area contributed by atoms with Crippen LogP contribution in [0.4, 0.5) is 0 Å². The van der Waals surface area contributed by atoms with Gasteiger partial charge in [0.25, 0.3) is 0 Å². The largest absolute Gasteiger partial charge is 0.374 e. The highest BCUT2D eigenvalue weighted by atomic mass is 32.1. The summed E-state index contributed by atoms with van der Waals surface area (Å²) in [5.41, 5.74) is 0. The molecule has 3 nitrogen and oxygen atoms in total. The smallest absolute Gasteiger partial charge is 0.226 e. The lowest BCUT2D eigenvalue weighted by Gasteiger charge is -2.20. The van der Waals surface area contributed by atoms with Crippen LogP contribution in [0.3, 0.4) is 0 Å². The number of ether oxygens (including phenoxy) is 1. The third kappa shape index (κ3) is 3.50. The number of likely N-dealkylation sites (tertiary alicyclic amines) is 1. The Morgan fingerprint density at radius 1 is 1.67 bits per heavy atom. The number of thiophene rings is 1. The molecule has 0 bridgehead atoms. The zero-order chi connectivity index (χ0) is 12.8. The number of hydrogen-bond donors (Lipinski definition) is 0. The number of amides is 1. The number of rotatable bonds is 6. The summed E-state index contributed by atoms with van der Waals surface area (Å²) in [7, 11) is 6.71. The van der Waals surface area contributed by atoms with E-state index in [1.807, 2.05) is 17.5 Å². The van der Waals surface area contributed by atoms with Gasteiger partial charge in [0.15, 0.2) is 0 Å². The maximum atomic E-state index is 11.6. The summed E-state index contributed by atoms with van der Waals surface area (Å²) >= 11 is 1.68. The monoisotopic (exact) mass is 258 g/mol. The Balaban J connectivity index is 1.80. The first-order chi connectivity index (χ1) is 8.81. The second-order valence-electron chi connectivity index (χ2n) is 4.12. The fourth-order valence-corrected chi connectivity index (χ4v) is 2.60. The Kier molecular flexibility index (Phi) is 5.08. The molecule has 0 saturated carbocycles. The molecule has 1 aromatic rings. The van der Waals surface area contributed by atoms with Crippen LogP contribution >= 0.6 is 11.3 Å². The average Bonchev–Trinajstić information content (AvgIpc) is 2.98. The zero-order valence-corrected chi connectivity index (χ0v) is 10.9. The highest BCUT2D eigenvalue weighted by Gasteiger charge is 2.29. The van der Waals surface area contributed by atoms with Crippen molar-refractivity contribution in [1.29, 1.82) is 0 Å². The molecule has 3 radical (unpaired) electrons. The van der Waals surface area contributed by atoms with E-state index >= 15 is 0 Å². The van der Waals surface area contributed by atoms with Crippen molar-refractivity contribution in [1.82, 2.24) is 4.90 Å². The molecule has 18 heavy (non-hydrogen) atoms. The minimum atomic E-state index is 0.133. The van der Waals surface area contributed by atoms with Crippen molar-refractivity contribution >= 4 is 32.2 Å². The molecule has 1 aromatic heterocycles. The van der Waals surface area contributed by atoms with Crippen LogP contribution in [0.5, 0.6) is 0 Å². The van der Waals surface area contributed by atoms with Crippen LogP contribution in [-0.2, 0) is 16.1 Å². The van der Waals surface area contributed by atoms with Crippen molar-refractivity contribution in [2.75, 3.05) is 6.61 Å². The van der Waals surface area contributed by atoms with E-state index in [0.717, 1.165) is 6.42 Å². The molecule has 1 atom stereocenters. The van der Waals surface area contributed by atoms with E-state index in [1.54, 1.807) is 28.4 Å². The average molecular weight is 258 g/mol. The van der Waals surface area contributed by atoms with Gasteiger partial charge in [-0.15, -0.1) is 17.3 Å². The Morgan fingerprint density at radius 3 is 3.28 bits per heavy atom. The van der Waals surface area contributed by atoms with Gasteiger partial charge in [-0.1, -0.05) is 6.07 Å². The van der Waals surface area contributed by atoms with Crippen molar-refractivity contribution in [3.63, 3.8) is 0 Å². The molecule has 91 valence electrons. The summed E-state index contributed by atoms with van der Waals surface area (Å²) in [4.78, 5) is 14.6. The van der Waals surface area contributed by atoms with E-state index in [2.05, 4.69) is 0 Å². The molecule has 1 amide bonds. The molecule has 1 aliphatic rings. The summed E-state index contributed by atoms with van der Waals surface area (Å²) in [6.45, 7) is 1.18. The first-order valence-corrected chi connectivity index (χ1v) is 6.82. The minimum absolute atomic E-state index is 0.133. The van der Waals surface area contributed by atoms with Gasteiger partial charge in [0, 0.05) is 19.0 Å². The summed E-state index contributed by atoms with van der Waals surface area (Å²) in [5, 5.41) is 2.03. The fraction of sp³-hybridized carbons (Fsp3) is 0.417. The number of carbonyl (C=O) groups is 1. The van der Waals surface area contributed by atoms with Crippen molar-refractivity contribution < 1.29 is 9.53 Å². The second kappa shape index (κ2) is 6.81. The van der Waals surface area contributed by atoms with Gasteiger partial charge >= 0.3 is 0 Å². The fourth-order valence-electron chi connectivity index (χ4n) is 1.96. The Bertz CT molecular complexity index is 408. The lowest BCUT2D eigenvalue weighted by atomic mass is 9.56. The molecular formula is C12H14B2NO2S. The van der Waals surface area contributed by atoms with E-state index in [0.29, 0.717) is 19.6 Å². The topological polar surface area (TPSA) is 29.5 Å². The van der Waals surface area contributed by atoms with Gasteiger partial charge in [0.1, 0.15) is 0 Å². The van der Waals surface area contributed by atoms with Crippen LogP contribution in [-0.4, -0.2) is 38.4 Å². The van der Waals surface area contributed by atoms with Gasteiger partial charge in [0.05, 0.1) is 26.4 Å².